The molecule has 7 heteroatoms. The van der Waals surface area contributed by atoms with E-state index in [1.165, 1.54) is 0 Å². The van der Waals surface area contributed by atoms with Gasteiger partial charge in [-0.1, -0.05) is 12.1 Å². The number of aromatic amines is 1. The standard InChI is InChI=1S/C12H13N7/c1-19-12(16-17-18-19)9-3-2-4-10(7-9)15-8-11-13-5-6-14-11/h2-7,15H,8H2,1H3,(H,13,14). The van der Waals surface area contributed by atoms with Crippen LogP contribution in [0.4, 0.5) is 5.69 Å². The molecule has 3 aromatic rings. The van der Waals surface area contributed by atoms with Crippen LogP contribution in [-0.2, 0) is 13.6 Å². The van der Waals surface area contributed by atoms with Gasteiger partial charge >= 0.3 is 0 Å². The van der Waals surface area contributed by atoms with Crippen molar-refractivity contribution in [3.05, 3.63) is 42.5 Å². The average molecular weight is 255 g/mol. The number of nitrogens with zero attached hydrogens (tertiary/aromatic N) is 5. The smallest absolute Gasteiger partial charge is 0.181 e. The second-order valence-corrected chi connectivity index (χ2v) is 4.10. The van der Waals surface area contributed by atoms with E-state index in [2.05, 4.69) is 30.8 Å². The Morgan fingerprint density at radius 3 is 3.05 bits per heavy atom. The van der Waals surface area contributed by atoms with Crippen LogP contribution in [0, 0.1) is 0 Å². The molecule has 0 unspecified atom stereocenters. The molecule has 0 radical (unpaired) electrons. The zero-order valence-electron chi connectivity index (χ0n) is 10.4. The first-order valence-electron chi connectivity index (χ1n) is 5.88. The van der Waals surface area contributed by atoms with Crippen molar-refractivity contribution >= 4 is 5.69 Å². The second-order valence-electron chi connectivity index (χ2n) is 4.10. The summed E-state index contributed by atoms with van der Waals surface area (Å²) in [6, 6.07) is 7.95. The summed E-state index contributed by atoms with van der Waals surface area (Å²) in [7, 11) is 1.82. The molecule has 0 fully saturated rings. The molecule has 19 heavy (non-hydrogen) atoms. The van der Waals surface area contributed by atoms with Crippen LogP contribution < -0.4 is 5.32 Å². The molecule has 1 aromatic carbocycles. The Balaban J connectivity index is 1.78. The molecule has 0 spiro atoms. The maximum Gasteiger partial charge on any atom is 0.181 e. The van der Waals surface area contributed by atoms with Gasteiger partial charge in [0.1, 0.15) is 5.82 Å². The molecule has 2 heterocycles. The molecule has 0 aliphatic heterocycles. The number of hydrogen-bond donors (Lipinski definition) is 2. The third-order valence-electron chi connectivity index (χ3n) is 2.76. The van der Waals surface area contributed by atoms with E-state index in [0.717, 1.165) is 22.9 Å². The van der Waals surface area contributed by atoms with Crippen molar-refractivity contribution in [2.45, 2.75) is 6.54 Å². The van der Waals surface area contributed by atoms with Gasteiger partial charge in [0.05, 0.1) is 6.54 Å². The van der Waals surface area contributed by atoms with E-state index >= 15 is 0 Å². The third-order valence-corrected chi connectivity index (χ3v) is 2.76. The Morgan fingerprint density at radius 1 is 1.37 bits per heavy atom. The fourth-order valence-corrected chi connectivity index (χ4v) is 1.82. The molecular weight excluding hydrogens is 242 g/mol. The van der Waals surface area contributed by atoms with Crippen molar-refractivity contribution in [2.24, 2.45) is 7.05 Å². The van der Waals surface area contributed by atoms with Gasteiger partial charge in [0.2, 0.25) is 0 Å². The highest BCUT2D eigenvalue weighted by Crippen LogP contribution is 2.19. The summed E-state index contributed by atoms with van der Waals surface area (Å²) in [6.45, 7) is 0.646. The number of H-pyrrole nitrogens is 1. The molecule has 0 atom stereocenters. The Hall–Kier alpha value is -2.70. The summed E-state index contributed by atoms with van der Waals surface area (Å²) in [5, 5.41) is 14.8. The van der Waals surface area contributed by atoms with Gasteiger partial charge in [-0.05, 0) is 22.6 Å². The number of aromatic nitrogens is 6. The van der Waals surface area contributed by atoms with Crippen molar-refractivity contribution in [3.8, 4) is 11.4 Å². The molecule has 7 nitrogen and oxygen atoms in total. The number of rotatable bonds is 4. The zero-order valence-corrected chi connectivity index (χ0v) is 10.4. The summed E-state index contributed by atoms with van der Waals surface area (Å²) in [5.41, 5.74) is 1.97. The van der Waals surface area contributed by atoms with E-state index in [1.54, 1.807) is 17.1 Å². The number of benzene rings is 1. The van der Waals surface area contributed by atoms with Gasteiger partial charge in [0.15, 0.2) is 5.82 Å². The largest absolute Gasteiger partial charge is 0.378 e. The number of aryl methyl sites for hydroxylation is 1. The number of nitrogens with one attached hydrogen (secondary N) is 2. The van der Waals surface area contributed by atoms with E-state index in [9.17, 15) is 0 Å². The molecule has 0 saturated carbocycles. The monoisotopic (exact) mass is 255 g/mol. The second kappa shape index (κ2) is 4.89. The zero-order chi connectivity index (χ0) is 13.1. The van der Waals surface area contributed by atoms with Gasteiger partial charge in [-0.15, -0.1) is 5.10 Å². The Bertz CT molecular complexity index is 656. The van der Waals surface area contributed by atoms with E-state index in [4.69, 9.17) is 0 Å². The predicted molar refractivity (Wildman–Crippen MR) is 70.1 cm³/mol. The van der Waals surface area contributed by atoms with Crippen LogP contribution in [0.2, 0.25) is 0 Å². The van der Waals surface area contributed by atoms with E-state index in [1.807, 2.05) is 31.3 Å². The van der Waals surface area contributed by atoms with E-state index in [0.29, 0.717) is 6.54 Å². The molecule has 96 valence electrons. The third kappa shape index (κ3) is 2.44. The maximum absolute atomic E-state index is 4.16. The summed E-state index contributed by atoms with van der Waals surface area (Å²) in [5.74, 6) is 1.63. The molecule has 3 rings (SSSR count). The van der Waals surface area contributed by atoms with Crippen molar-refractivity contribution in [2.75, 3.05) is 5.32 Å². The molecule has 0 saturated heterocycles. The number of tetrazole rings is 1. The minimum atomic E-state index is 0.646. The lowest BCUT2D eigenvalue weighted by atomic mass is 10.2. The first kappa shape index (κ1) is 11.4. The molecule has 0 aliphatic carbocycles. The lowest BCUT2D eigenvalue weighted by Gasteiger charge is -2.06. The minimum absolute atomic E-state index is 0.646. The highest BCUT2D eigenvalue weighted by molar-refractivity contribution is 5.62. The SMILES string of the molecule is Cn1nnnc1-c1cccc(NCc2ncc[nH]2)c1. The average Bonchev–Trinajstić information content (AvgIpc) is 3.08. The lowest BCUT2D eigenvalue weighted by molar-refractivity contribution is 0.714. The van der Waals surface area contributed by atoms with Crippen molar-refractivity contribution < 1.29 is 0 Å². The lowest BCUT2D eigenvalue weighted by Crippen LogP contribution is -2.01. The van der Waals surface area contributed by atoms with E-state index in [-0.39, 0.29) is 0 Å². The highest BCUT2D eigenvalue weighted by Gasteiger charge is 2.06. The van der Waals surface area contributed by atoms with Crippen LogP contribution >= 0.6 is 0 Å². The molecule has 2 aromatic heterocycles. The first-order chi connectivity index (χ1) is 9.33. The molecule has 0 bridgehead atoms. The topological polar surface area (TPSA) is 84.3 Å². The molecule has 0 amide bonds. The normalized spacial score (nSPS) is 10.6. The van der Waals surface area contributed by atoms with Gasteiger partial charge < -0.3 is 10.3 Å². The van der Waals surface area contributed by atoms with Crippen LogP contribution in [0.15, 0.2) is 36.7 Å². The van der Waals surface area contributed by atoms with Crippen LogP contribution in [0.1, 0.15) is 5.82 Å². The summed E-state index contributed by atoms with van der Waals surface area (Å²) in [6.07, 6.45) is 3.54. The predicted octanol–water partition coefficient (Wildman–Crippen LogP) is 1.21. The van der Waals surface area contributed by atoms with Gasteiger partial charge in [-0.2, -0.15) is 0 Å². The van der Waals surface area contributed by atoms with Crippen molar-refractivity contribution in [3.63, 3.8) is 0 Å². The number of anilines is 1. The summed E-state index contributed by atoms with van der Waals surface area (Å²) < 4.78 is 1.64. The van der Waals surface area contributed by atoms with Gasteiger partial charge in [-0.3, -0.25) is 0 Å². The Labute approximate surface area is 109 Å². The number of imidazole rings is 1. The molecule has 0 aliphatic rings. The van der Waals surface area contributed by atoms with Crippen molar-refractivity contribution in [1.29, 1.82) is 0 Å². The Kier molecular flexibility index (Phi) is 2.93. The number of hydrogen-bond acceptors (Lipinski definition) is 5. The maximum atomic E-state index is 4.16. The van der Waals surface area contributed by atoms with Crippen molar-refractivity contribution in [1.82, 2.24) is 30.2 Å². The van der Waals surface area contributed by atoms with E-state index < -0.39 is 0 Å². The minimum Gasteiger partial charge on any atom is -0.378 e. The fourth-order valence-electron chi connectivity index (χ4n) is 1.82. The first-order valence-corrected chi connectivity index (χ1v) is 5.88. The van der Waals surface area contributed by atoms with Crippen LogP contribution in [0.25, 0.3) is 11.4 Å². The Morgan fingerprint density at radius 2 is 2.32 bits per heavy atom. The van der Waals surface area contributed by atoms with Crippen LogP contribution in [0.5, 0.6) is 0 Å². The quantitative estimate of drug-likeness (QED) is 0.732. The summed E-state index contributed by atoms with van der Waals surface area (Å²) >= 11 is 0. The molecule has 2 N–H and O–H groups in total. The van der Waals surface area contributed by atoms with Gasteiger partial charge in [0, 0.05) is 30.7 Å². The van der Waals surface area contributed by atoms with Gasteiger partial charge in [-0.25, -0.2) is 9.67 Å². The van der Waals surface area contributed by atoms with Crippen LogP contribution in [0.3, 0.4) is 0 Å². The molecular formula is C12H13N7. The fraction of sp³-hybridized carbons (Fsp3) is 0.167. The van der Waals surface area contributed by atoms with Gasteiger partial charge in [0.25, 0.3) is 0 Å². The summed E-state index contributed by atoms with van der Waals surface area (Å²) in [4.78, 5) is 7.21. The highest BCUT2D eigenvalue weighted by atomic mass is 15.5. The van der Waals surface area contributed by atoms with Crippen LogP contribution in [-0.4, -0.2) is 30.2 Å².